The third-order valence-electron chi connectivity index (χ3n) is 5.94. The van der Waals surface area contributed by atoms with Crippen molar-refractivity contribution in [2.75, 3.05) is 7.11 Å². The molecule has 1 aromatic heterocycles. The predicted octanol–water partition coefficient (Wildman–Crippen LogP) is 0.758. The van der Waals surface area contributed by atoms with E-state index in [1.165, 1.54) is 12.4 Å². The summed E-state index contributed by atoms with van der Waals surface area (Å²) in [6.07, 6.45) is 2.39. The number of amides is 2. The molecule has 2 amide bonds. The number of carbonyl (C=O) groups is 2. The van der Waals surface area contributed by atoms with Gasteiger partial charge in [0.1, 0.15) is 29.6 Å². The highest BCUT2D eigenvalue weighted by Gasteiger charge is 2.26. The van der Waals surface area contributed by atoms with Gasteiger partial charge in [-0.15, -0.1) is 0 Å². The van der Waals surface area contributed by atoms with Crippen molar-refractivity contribution in [3.8, 4) is 5.75 Å². The van der Waals surface area contributed by atoms with Gasteiger partial charge in [0.15, 0.2) is 0 Å². The molecule has 0 spiro atoms. The molecular formula is C24H28N8O3. The maximum Gasteiger partial charge on any atom is 0.270 e. The molecule has 3 aromatic rings. The number of hydrogen-bond acceptors (Lipinski definition) is 9. The predicted molar refractivity (Wildman–Crippen MR) is 129 cm³/mol. The molecule has 1 unspecified atom stereocenters. The summed E-state index contributed by atoms with van der Waals surface area (Å²) in [7, 11) is 1.58. The SMILES string of the molecule is COc1cccc(CNC(=O)c2cc(C(=O)NC3CCc4cc(C(NN)NN)ccc43)ncn2)c1. The number of carbonyl (C=O) groups excluding carboxylic acids is 2. The van der Waals surface area contributed by atoms with Crippen molar-refractivity contribution in [2.45, 2.75) is 31.6 Å². The second-order valence-corrected chi connectivity index (χ2v) is 8.11. The van der Waals surface area contributed by atoms with Crippen LogP contribution in [-0.4, -0.2) is 28.9 Å². The number of benzene rings is 2. The van der Waals surface area contributed by atoms with E-state index in [4.69, 9.17) is 16.4 Å². The van der Waals surface area contributed by atoms with Gasteiger partial charge in [0.25, 0.3) is 11.8 Å². The first-order valence-corrected chi connectivity index (χ1v) is 11.1. The smallest absolute Gasteiger partial charge is 0.270 e. The zero-order valence-electron chi connectivity index (χ0n) is 19.2. The molecule has 4 rings (SSSR count). The van der Waals surface area contributed by atoms with Gasteiger partial charge in [0.05, 0.1) is 13.2 Å². The van der Waals surface area contributed by atoms with Crippen molar-refractivity contribution >= 4 is 11.8 Å². The Labute approximate surface area is 202 Å². The van der Waals surface area contributed by atoms with Crippen LogP contribution in [0.4, 0.5) is 0 Å². The topological polar surface area (TPSA) is 169 Å². The Morgan fingerprint density at radius 1 is 1.06 bits per heavy atom. The molecule has 1 aliphatic rings. The van der Waals surface area contributed by atoms with Crippen LogP contribution in [0.3, 0.4) is 0 Å². The number of nitrogens with zero attached hydrogens (tertiary/aromatic N) is 2. The first kappa shape index (κ1) is 24.2. The van der Waals surface area contributed by atoms with Gasteiger partial charge in [-0.3, -0.25) is 21.3 Å². The van der Waals surface area contributed by atoms with Crippen LogP contribution < -0.4 is 37.9 Å². The Morgan fingerprint density at radius 3 is 2.57 bits per heavy atom. The van der Waals surface area contributed by atoms with Gasteiger partial charge in [-0.1, -0.05) is 30.3 Å². The molecule has 0 radical (unpaired) electrons. The highest BCUT2D eigenvalue weighted by molar-refractivity contribution is 5.97. The minimum Gasteiger partial charge on any atom is -0.497 e. The zero-order valence-corrected chi connectivity index (χ0v) is 19.2. The molecule has 182 valence electrons. The first-order valence-electron chi connectivity index (χ1n) is 11.1. The van der Waals surface area contributed by atoms with Crippen molar-refractivity contribution in [2.24, 2.45) is 11.7 Å². The molecule has 0 aliphatic heterocycles. The number of ether oxygens (including phenoxy) is 1. The highest BCUT2D eigenvalue weighted by Crippen LogP contribution is 2.32. The first-order chi connectivity index (χ1) is 17.0. The molecule has 0 saturated heterocycles. The number of hydrazine groups is 2. The van der Waals surface area contributed by atoms with E-state index in [-0.39, 0.29) is 29.5 Å². The maximum atomic E-state index is 12.9. The van der Waals surface area contributed by atoms with E-state index in [1.807, 2.05) is 42.5 Å². The van der Waals surface area contributed by atoms with E-state index in [9.17, 15) is 9.59 Å². The van der Waals surface area contributed by atoms with Gasteiger partial charge in [0, 0.05) is 12.6 Å². The van der Waals surface area contributed by atoms with Crippen molar-refractivity contribution in [1.82, 2.24) is 31.5 Å². The Kier molecular flexibility index (Phi) is 7.63. The second kappa shape index (κ2) is 11.0. The molecular weight excluding hydrogens is 448 g/mol. The van der Waals surface area contributed by atoms with Gasteiger partial charge >= 0.3 is 0 Å². The largest absolute Gasteiger partial charge is 0.497 e. The van der Waals surface area contributed by atoms with E-state index in [0.29, 0.717) is 12.3 Å². The minimum absolute atomic E-state index is 0.110. The second-order valence-electron chi connectivity index (χ2n) is 8.11. The number of methoxy groups -OCH3 is 1. The summed E-state index contributed by atoms with van der Waals surface area (Å²) in [6.45, 7) is 0.294. The Bertz CT molecular complexity index is 1210. The molecule has 35 heavy (non-hydrogen) atoms. The third kappa shape index (κ3) is 5.61. The number of nitrogens with two attached hydrogens (primary N) is 2. The maximum absolute atomic E-state index is 12.9. The Hall–Kier alpha value is -3.90. The van der Waals surface area contributed by atoms with Crippen LogP contribution in [-0.2, 0) is 13.0 Å². The molecule has 11 nitrogen and oxygen atoms in total. The summed E-state index contributed by atoms with van der Waals surface area (Å²) in [5.41, 5.74) is 9.36. The number of fused-ring (bicyclic) bond motifs is 1. The summed E-state index contributed by atoms with van der Waals surface area (Å²) in [5.74, 6) is 11.0. The normalized spacial score (nSPS) is 14.5. The van der Waals surface area contributed by atoms with Crippen LogP contribution in [0.15, 0.2) is 54.9 Å². The van der Waals surface area contributed by atoms with Crippen molar-refractivity contribution in [3.63, 3.8) is 0 Å². The molecule has 1 aliphatic carbocycles. The number of hydrogen-bond donors (Lipinski definition) is 6. The standard InChI is InChI=1S/C24H28N8O3/c1-35-17-4-2-3-14(9-17)12-27-23(33)20-11-21(29-13-28-20)24(34)30-19-8-6-15-10-16(5-7-18(15)19)22(31-25)32-26/h2-5,7,9-11,13,19,22,31-32H,6,8,12,25-26H2,1H3,(H,27,33)(H,30,34). The van der Waals surface area contributed by atoms with Gasteiger partial charge in [-0.25, -0.2) is 20.8 Å². The van der Waals surface area contributed by atoms with Crippen LogP contribution >= 0.6 is 0 Å². The lowest BCUT2D eigenvalue weighted by Crippen LogP contribution is -2.42. The Morgan fingerprint density at radius 2 is 1.83 bits per heavy atom. The average molecular weight is 477 g/mol. The van der Waals surface area contributed by atoms with E-state index >= 15 is 0 Å². The molecule has 2 aromatic carbocycles. The number of nitrogens with one attached hydrogen (secondary N) is 4. The fourth-order valence-corrected chi connectivity index (χ4v) is 4.10. The van der Waals surface area contributed by atoms with Crippen molar-refractivity contribution < 1.29 is 14.3 Å². The van der Waals surface area contributed by atoms with E-state index in [2.05, 4.69) is 31.5 Å². The minimum atomic E-state index is -0.403. The molecule has 1 atom stereocenters. The summed E-state index contributed by atoms with van der Waals surface area (Å²) in [4.78, 5) is 33.6. The molecule has 11 heteroatoms. The summed E-state index contributed by atoms with van der Waals surface area (Å²) < 4.78 is 5.20. The highest BCUT2D eigenvalue weighted by atomic mass is 16.5. The average Bonchev–Trinajstić information content (AvgIpc) is 3.30. The number of aryl methyl sites for hydroxylation is 1. The van der Waals surface area contributed by atoms with Gasteiger partial charge < -0.3 is 15.4 Å². The fraction of sp³-hybridized carbons (Fsp3) is 0.250. The van der Waals surface area contributed by atoms with Gasteiger partial charge in [-0.05, 0) is 47.2 Å². The summed E-state index contributed by atoms with van der Waals surface area (Å²) in [6, 6.07) is 14.5. The number of aromatic nitrogens is 2. The summed E-state index contributed by atoms with van der Waals surface area (Å²) >= 11 is 0. The molecule has 8 N–H and O–H groups in total. The molecule has 0 fully saturated rings. The van der Waals surface area contributed by atoms with Crippen LogP contribution in [0.1, 0.15) is 61.9 Å². The Balaban J connectivity index is 1.40. The van der Waals surface area contributed by atoms with Crippen LogP contribution in [0.5, 0.6) is 5.75 Å². The van der Waals surface area contributed by atoms with Crippen molar-refractivity contribution in [1.29, 1.82) is 0 Å². The van der Waals surface area contributed by atoms with Crippen LogP contribution in [0.25, 0.3) is 0 Å². The quantitative estimate of drug-likeness (QED) is 0.148. The van der Waals surface area contributed by atoms with Gasteiger partial charge in [0.2, 0.25) is 0 Å². The van der Waals surface area contributed by atoms with E-state index in [0.717, 1.165) is 35.1 Å². The zero-order chi connectivity index (χ0) is 24.8. The molecule has 1 heterocycles. The fourth-order valence-electron chi connectivity index (χ4n) is 4.10. The van der Waals surface area contributed by atoms with Crippen LogP contribution in [0, 0.1) is 0 Å². The lowest BCUT2D eigenvalue weighted by molar-refractivity contribution is 0.0931. The molecule has 0 bridgehead atoms. The molecule has 0 saturated carbocycles. The van der Waals surface area contributed by atoms with E-state index < -0.39 is 5.91 Å². The van der Waals surface area contributed by atoms with Crippen molar-refractivity contribution in [3.05, 3.63) is 88.5 Å². The lowest BCUT2D eigenvalue weighted by atomic mass is 10.0. The van der Waals surface area contributed by atoms with E-state index in [1.54, 1.807) is 7.11 Å². The monoisotopic (exact) mass is 476 g/mol. The lowest BCUT2D eigenvalue weighted by Gasteiger charge is -2.17. The summed E-state index contributed by atoms with van der Waals surface area (Å²) in [5, 5.41) is 5.81. The number of rotatable bonds is 9. The van der Waals surface area contributed by atoms with Gasteiger partial charge in [-0.2, -0.15) is 0 Å². The van der Waals surface area contributed by atoms with Crippen LogP contribution in [0.2, 0.25) is 0 Å². The third-order valence-corrected chi connectivity index (χ3v) is 5.94.